The Bertz CT molecular complexity index is 705. The minimum Gasteiger partial charge on any atom is -0.339 e. The van der Waals surface area contributed by atoms with Gasteiger partial charge in [-0.1, -0.05) is 85.9 Å². The highest BCUT2D eigenvalue weighted by molar-refractivity contribution is 5.78. The first kappa shape index (κ1) is 26.4. The molecule has 3 heteroatoms. The maximum absolute atomic E-state index is 12.1. The topological polar surface area (TPSA) is 37.4 Å². The fourth-order valence-corrected chi connectivity index (χ4v) is 3.02. The second kappa shape index (κ2) is 19.3. The number of hydrogen-bond acceptors (Lipinski definition) is 2. The molecule has 0 aromatic rings. The number of nitrogens with zero attached hydrogens (tertiary/aromatic N) is 1. The fraction of sp³-hybridized carbons (Fsp3) is 0.429. The van der Waals surface area contributed by atoms with Crippen LogP contribution in [0.25, 0.3) is 0 Å². The summed E-state index contributed by atoms with van der Waals surface area (Å²) in [5, 5.41) is 0. The van der Waals surface area contributed by atoms with Gasteiger partial charge < -0.3 is 4.90 Å². The van der Waals surface area contributed by atoms with Crippen LogP contribution in [-0.4, -0.2) is 30.2 Å². The first-order valence-corrected chi connectivity index (χ1v) is 11.6. The summed E-state index contributed by atoms with van der Waals surface area (Å²) in [6.07, 6.45) is 36.8. The quantitative estimate of drug-likeness (QED) is 0.215. The third kappa shape index (κ3) is 14.9. The van der Waals surface area contributed by atoms with E-state index in [0.717, 1.165) is 56.8 Å². The van der Waals surface area contributed by atoms with Crippen LogP contribution in [0.5, 0.6) is 0 Å². The number of carbonyl (C=O) groups is 2. The van der Waals surface area contributed by atoms with E-state index in [1.807, 2.05) is 11.0 Å². The Morgan fingerprint density at radius 3 is 1.71 bits per heavy atom. The molecule has 168 valence electrons. The molecule has 0 aliphatic carbocycles. The number of allylic oxidation sites excluding steroid dienone is 12. The van der Waals surface area contributed by atoms with Gasteiger partial charge in [0.25, 0.3) is 0 Å². The highest BCUT2D eigenvalue weighted by Crippen LogP contribution is 2.10. The number of rotatable bonds is 15. The van der Waals surface area contributed by atoms with Gasteiger partial charge >= 0.3 is 0 Å². The second-order valence-electron chi connectivity index (χ2n) is 7.44. The first-order chi connectivity index (χ1) is 15.3. The third-order valence-corrected chi connectivity index (χ3v) is 4.87. The van der Waals surface area contributed by atoms with E-state index in [1.165, 1.54) is 0 Å². The molecule has 1 heterocycles. The summed E-state index contributed by atoms with van der Waals surface area (Å²) in [7, 11) is 0. The molecule has 0 saturated carbocycles. The van der Waals surface area contributed by atoms with Crippen LogP contribution < -0.4 is 0 Å². The van der Waals surface area contributed by atoms with Crippen molar-refractivity contribution in [3.63, 3.8) is 0 Å². The van der Waals surface area contributed by atoms with Crippen molar-refractivity contribution in [2.45, 2.75) is 64.7 Å². The molecular weight excluding hydrogens is 382 g/mol. The van der Waals surface area contributed by atoms with E-state index in [2.05, 4.69) is 79.8 Å². The number of hydrogen-bond donors (Lipinski definition) is 0. The van der Waals surface area contributed by atoms with E-state index >= 15 is 0 Å². The summed E-state index contributed by atoms with van der Waals surface area (Å²) >= 11 is 0. The van der Waals surface area contributed by atoms with Gasteiger partial charge in [-0.2, -0.15) is 0 Å². The lowest BCUT2D eigenvalue weighted by atomic mass is 10.1. The van der Waals surface area contributed by atoms with Crippen LogP contribution >= 0.6 is 0 Å². The van der Waals surface area contributed by atoms with Gasteiger partial charge in [-0.3, -0.25) is 9.59 Å². The highest BCUT2D eigenvalue weighted by Gasteiger charge is 2.15. The van der Waals surface area contributed by atoms with Crippen LogP contribution in [-0.2, 0) is 9.59 Å². The average Bonchev–Trinajstić information content (AvgIpc) is 2.80. The maximum Gasteiger partial charge on any atom is 0.223 e. The van der Waals surface area contributed by atoms with Crippen LogP contribution in [0.15, 0.2) is 84.6 Å². The van der Waals surface area contributed by atoms with E-state index in [1.54, 1.807) is 0 Å². The zero-order valence-corrected chi connectivity index (χ0v) is 19.1. The van der Waals surface area contributed by atoms with Crippen molar-refractivity contribution >= 4 is 12.2 Å². The minimum atomic E-state index is 0.167. The van der Waals surface area contributed by atoms with Crippen molar-refractivity contribution < 1.29 is 9.59 Å². The predicted molar refractivity (Wildman–Crippen MR) is 133 cm³/mol. The van der Waals surface area contributed by atoms with Gasteiger partial charge in [-0.15, -0.1) is 0 Å². The molecule has 0 aromatic carbocycles. The van der Waals surface area contributed by atoms with E-state index in [4.69, 9.17) is 0 Å². The summed E-state index contributed by atoms with van der Waals surface area (Å²) in [5.74, 6) is 0.167. The zero-order valence-electron chi connectivity index (χ0n) is 19.1. The molecule has 1 rings (SSSR count). The summed E-state index contributed by atoms with van der Waals surface area (Å²) in [5.41, 5.74) is 0.806. The van der Waals surface area contributed by atoms with Crippen molar-refractivity contribution in [1.82, 2.24) is 4.90 Å². The first-order valence-electron chi connectivity index (χ1n) is 11.6. The molecule has 0 N–H and O–H groups in total. The minimum absolute atomic E-state index is 0.167. The molecule has 0 atom stereocenters. The predicted octanol–water partition coefficient (Wildman–Crippen LogP) is 6.82. The Morgan fingerprint density at radius 2 is 1.29 bits per heavy atom. The molecule has 3 nitrogen and oxygen atoms in total. The largest absolute Gasteiger partial charge is 0.339 e. The van der Waals surface area contributed by atoms with Crippen molar-refractivity contribution in [2.75, 3.05) is 13.1 Å². The van der Waals surface area contributed by atoms with E-state index in [-0.39, 0.29) is 5.91 Å². The summed E-state index contributed by atoms with van der Waals surface area (Å²) < 4.78 is 0. The Labute approximate surface area is 189 Å². The van der Waals surface area contributed by atoms with Gasteiger partial charge in [0.1, 0.15) is 6.29 Å². The van der Waals surface area contributed by atoms with Crippen molar-refractivity contribution in [3.8, 4) is 0 Å². The highest BCUT2D eigenvalue weighted by atomic mass is 16.2. The van der Waals surface area contributed by atoms with Crippen LogP contribution in [0.2, 0.25) is 0 Å². The summed E-state index contributed by atoms with van der Waals surface area (Å²) in [6, 6.07) is 0. The average molecular weight is 422 g/mol. The van der Waals surface area contributed by atoms with Gasteiger partial charge in [-0.25, -0.2) is 0 Å². The van der Waals surface area contributed by atoms with Gasteiger partial charge in [0.2, 0.25) is 5.91 Å². The maximum atomic E-state index is 12.1. The van der Waals surface area contributed by atoms with Crippen LogP contribution in [0.4, 0.5) is 0 Å². The number of amides is 1. The molecule has 1 amide bonds. The zero-order chi connectivity index (χ0) is 22.4. The molecule has 0 bridgehead atoms. The van der Waals surface area contributed by atoms with Crippen molar-refractivity contribution in [3.05, 3.63) is 84.6 Å². The SMILES string of the molecule is CC/C=C\C/C=C\C/C=C\C/C=C\C/C=C\C/C=C\CCC(=O)N1CC=C(C=O)CC1. The normalized spacial score (nSPS) is 15.5. The lowest BCUT2D eigenvalue weighted by molar-refractivity contribution is -0.131. The number of aldehydes is 1. The molecule has 31 heavy (non-hydrogen) atoms. The molecule has 0 aromatic heterocycles. The molecular formula is C28H39NO2. The number of carbonyl (C=O) groups excluding carboxylic acids is 2. The lowest BCUT2D eigenvalue weighted by Gasteiger charge is -2.24. The molecule has 0 saturated heterocycles. The molecule has 0 spiro atoms. The molecule has 1 aliphatic heterocycles. The Balaban J connectivity index is 2.00. The Kier molecular flexibility index (Phi) is 16.4. The molecule has 0 fully saturated rings. The van der Waals surface area contributed by atoms with Gasteiger partial charge in [-0.05, 0) is 56.9 Å². The lowest BCUT2D eigenvalue weighted by Crippen LogP contribution is -2.34. The van der Waals surface area contributed by atoms with E-state index in [9.17, 15) is 9.59 Å². The van der Waals surface area contributed by atoms with Crippen molar-refractivity contribution in [2.24, 2.45) is 0 Å². The van der Waals surface area contributed by atoms with Gasteiger partial charge in [0, 0.05) is 19.5 Å². The van der Waals surface area contributed by atoms with Crippen LogP contribution in [0.1, 0.15) is 64.7 Å². The smallest absolute Gasteiger partial charge is 0.223 e. The summed E-state index contributed by atoms with van der Waals surface area (Å²) in [6.45, 7) is 3.38. The Hall–Kier alpha value is -2.68. The molecule has 1 aliphatic rings. The van der Waals surface area contributed by atoms with Crippen molar-refractivity contribution in [1.29, 1.82) is 0 Å². The third-order valence-electron chi connectivity index (χ3n) is 4.87. The van der Waals surface area contributed by atoms with Gasteiger partial charge in [0.15, 0.2) is 0 Å². The fourth-order valence-electron chi connectivity index (χ4n) is 3.02. The Morgan fingerprint density at radius 1 is 0.806 bits per heavy atom. The monoisotopic (exact) mass is 421 g/mol. The standard InChI is InChI=1S/C28H39NO2/c1-2-3-4-5-6-7-8-9-10-11-12-13-14-15-16-17-18-19-20-21-28(31)29-24-22-27(26-30)23-25-29/h3-4,6-7,9-10,12-13,15-16,18-19,22,26H,2,5,8,11,14,17,20-21,23-25H2,1H3/b4-3-,7-6-,10-9-,13-12-,16-15-,19-18-. The van der Waals surface area contributed by atoms with Gasteiger partial charge in [0.05, 0.1) is 0 Å². The second-order valence-corrected chi connectivity index (χ2v) is 7.44. The molecule has 0 unspecified atom stereocenters. The van der Waals surface area contributed by atoms with Crippen LogP contribution in [0, 0.1) is 0 Å². The van der Waals surface area contributed by atoms with E-state index in [0.29, 0.717) is 25.9 Å². The molecule has 0 radical (unpaired) electrons. The van der Waals surface area contributed by atoms with E-state index < -0.39 is 0 Å². The van der Waals surface area contributed by atoms with Crippen LogP contribution in [0.3, 0.4) is 0 Å². The summed E-state index contributed by atoms with van der Waals surface area (Å²) in [4.78, 5) is 24.6.